The smallest absolute Gasteiger partial charge is 0.475 e. The molecule has 1 aliphatic heterocycles. The van der Waals surface area contributed by atoms with Crippen molar-refractivity contribution in [3.05, 3.63) is 36.4 Å². The maximum absolute atomic E-state index is 10.6. The van der Waals surface area contributed by atoms with Crippen molar-refractivity contribution in [2.24, 2.45) is 0 Å². The van der Waals surface area contributed by atoms with Crippen LogP contribution in [0.3, 0.4) is 0 Å². The lowest BCUT2D eigenvalue weighted by Crippen LogP contribution is -2.37. The van der Waals surface area contributed by atoms with Crippen molar-refractivity contribution in [1.82, 2.24) is 20.0 Å². The molecule has 29 heavy (non-hydrogen) atoms. The van der Waals surface area contributed by atoms with E-state index >= 15 is 0 Å². The molecule has 1 fully saturated rings. The predicted octanol–water partition coefficient (Wildman–Crippen LogP) is 2.73. The zero-order chi connectivity index (χ0) is 20.9. The number of nitrogens with one attached hydrogen (secondary N) is 1. The summed E-state index contributed by atoms with van der Waals surface area (Å²) in [5.74, 6) is -1.41. The number of ether oxygens (including phenoxy) is 1. The molecule has 11 heteroatoms. The Kier molecular flexibility index (Phi) is 6.49. The molecular formula is C18H19F3N4O4. The fourth-order valence-electron chi connectivity index (χ4n) is 2.82. The Morgan fingerprint density at radius 3 is 2.66 bits per heavy atom. The number of carbonyl (C=O) groups is 1. The van der Waals surface area contributed by atoms with E-state index in [-0.39, 0.29) is 0 Å². The molecule has 0 aliphatic carbocycles. The molecule has 0 saturated carbocycles. The summed E-state index contributed by atoms with van der Waals surface area (Å²) >= 11 is 0. The number of hydrogen-bond acceptors (Lipinski definition) is 6. The van der Waals surface area contributed by atoms with Crippen molar-refractivity contribution < 1.29 is 32.3 Å². The van der Waals surface area contributed by atoms with Gasteiger partial charge in [0.2, 0.25) is 11.7 Å². The van der Waals surface area contributed by atoms with Crippen molar-refractivity contribution in [3.8, 4) is 11.4 Å². The second kappa shape index (κ2) is 9.05. The van der Waals surface area contributed by atoms with Crippen molar-refractivity contribution in [2.45, 2.75) is 12.6 Å². The molecule has 3 aromatic rings. The van der Waals surface area contributed by atoms with Crippen LogP contribution < -0.4 is 0 Å². The van der Waals surface area contributed by atoms with E-state index in [1.54, 1.807) is 0 Å². The summed E-state index contributed by atoms with van der Waals surface area (Å²) in [6.45, 7) is 4.50. The van der Waals surface area contributed by atoms with E-state index in [4.69, 9.17) is 19.2 Å². The number of H-pyrrole nitrogens is 1. The topological polar surface area (TPSA) is 104 Å². The van der Waals surface area contributed by atoms with Crippen LogP contribution in [-0.4, -0.2) is 70.1 Å². The van der Waals surface area contributed by atoms with Crippen LogP contribution in [0.5, 0.6) is 0 Å². The second-order valence-electron chi connectivity index (χ2n) is 6.26. The molecule has 156 valence electrons. The van der Waals surface area contributed by atoms with Crippen LogP contribution in [0.1, 0.15) is 5.89 Å². The summed E-state index contributed by atoms with van der Waals surface area (Å²) in [4.78, 5) is 19.0. The van der Waals surface area contributed by atoms with Crippen molar-refractivity contribution in [1.29, 1.82) is 0 Å². The third-order valence-electron chi connectivity index (χ3n) is 4.29. The molecular weight excluding hydrogens is 393 g/mol. The van der Waals surface area contributed by atoms with E-state index in [2.05, 4.69) is 20.0 Å². The molecule has 2 N–H and O–H groups in total. The number of carboxylic acids is 1. The Morgan fingerprint density at radius 1 is 1.24 bits per heavy atom. The number of fused-ring (bicyclic) bond motifs is 1. The highest BCUT2D eigenvalue weighted by molar-refractivity contribution is 5.93. The third kappa shape index (κ3) is 5.55. The average Bonchev–Trinajstić information content (AvgIpc) is 3.36. The van der Waals surface area contributed by atoms with E-state index in [0.29, 0.717) is 11.7 Å². The van der Waals surface area contributed by atoms with Gasteiger partial charge in [-0.1, -0.05) is 17.3 Å². The van der Waals surface area contributed by atoms with Crippen LogP contribution in [0.15, 0.2) is 35.0 Å². The van der Waals surface area contributed by atoms with Gasteiger partial charge in [0, 0.05) is 48.7 Å². The molecule has 0 unspecified atom stereocenters. The molecule has 0 bridgehead atoms. The lowest BCUT2D eigenvalue weighted by atomic mass is 10.1. The SMILES string of the molecule is O=C(O)C(F)(F)F.c1cc(-c2noc(CCN3CCOCC3)n2)c2cc[nH]c2c1. The van der Waals surface area contributed by atoms with Crippen LogP contribution in [0, 0.1) is 0 Å². The minimum Gasteiger partial charge on any atom is -0.475 e. The summed E-state index contributed by atoms with van der Waals surface area (Å²) in [5, 5.41) is 12.4. The fraction of sp³-hybridized carbons (Fsp3) is 0.389. The maximum Gasteiger partial charge on any atom is 0.490 e. The molecule has 4 rings (SSSR count). The van der Waals surface area contributed by atoms with E-state index in [1.807, 2.05) is 30.5 Å². The minimum absolute atomic E-state index is 0.655. The van der Waals surface area contributed by atoms with Gasteiger partial charge in [0.1, 0.15) is 0 Å². The van der Waals surface area contributed by atoms with Crippen LogP contribution in [-0.2, 0) is 16.0 Å². The van der Waals surface area contributed by atoms with E-state index in [0.717, 1.165) is 55.7 Å². The predicted molar refractivity (Wildman–Crippen MR) is 96.2 cm³/mol. The van der Waals surface area contributed by atoms with Gasteiger partial charge in [-0.2, -0.15) is 18.2 Å². The highest BCUT2D eigenvalue weighted by Crippen LogP contribution is 2.25. The number of aliphatic carboxylic acids is 1. The first kappa shape index (κ1) is 20.8. The molecule has 0 atom stereocenters. The Balaban J connectivity index is 0.000000298. The third-order valence-corrected chi connectivity index (χ3v) is 4.29. The highest BCUT2D eigenvalue weighted by Gasteiger charge is 2.38. The second-order valence-corrected chi connectivity index (χ2v) is 6.26. The number of morpholine rings is 1. The Bertz CT molecular complexity index is 948. The first-order valence-electron chi connectivity index (χ1n) is 8.84. The van der Waals surface area contributed by atoms with Gasteiger partial charge in [0.05, 0.1) is 13.2 Å². The fourth-order valence-corrected chi connectivity index (χ4v) is 2.82. The van der Waals surface area contributed by atoms with Gasteiger partial charge in [-0.05, 0) is 12.1 Å². The number of halogens is 3. The molecule has 0 amide bonds. The van der Waals surface area contributed by atoms with Crippen LogP contribution in [0.2, 0.25) is 0 Å². The molecule has 3 heterocycles. The highest BCUT2D eigenvalue weighted by atomic mass is 19.4. The number of alkyl halides is 3. The number of hydrogen-bond donors (Lipinski definition) is 2. The molecule has 1 aromatic carbocycles. The Labute approximate surface area is 163 Å². The maximum atomic E-state index is 10.6. The van der Waals surface area contributed by atoms with E-state index < -0.39 is 12.1 Å². The Hall–Kier alpha value is -2.92. The lowest BCUT2D eigenvalue weighted by Gasteiger charge is -2.25. The monoisotopic (exact) mass is 412 g/mol. The molecule has 8 nitrogen and oxygen atoms in total. The number of carboxylic acid groups (broad SMARTS) is 1. The summed E-state index contributed by atoms with van der Waals surface area (Å²) in [6.07, 6.45) is -2.39. The zero-order valence-electron chi connectivity index (χ0n) is 15.3. The van der Waals surface area contributed by atoms with E-state index in [1.165, 1.54) is 0 Å². The van der Waals surface area contributed by atoms with E-state index in [9.17, 15) is 13.2 Å². The largest absolute Gasteiger partial charge is 0.490 e. The molecule has 1 saturated heterocycles. The number of rotatable bonds is 4. The number of aromatic amines is 1. The van der Waals surface area contributed by atoms with Gasteiger partial charge in [0.15, 0.2) is 0 Å². The summed E-state index contributed by atoms with van der Waals surface area (Å²) in [5.41, 5.74) is 2.08. The molecule has 0 radical (unpaired) electrons. The number of aromatic nitrogens is 3. The van der Waals surface area contributed by atoms with Crippen LogP contribution >= 0.6 is 0 Å². The van der Waals surface area contributed by atoms with Gasteiger partial charge in [-0.25, -0.2) is 4.79 Å². The molecule has 1 aliphatic rings. The van der Waals surface area contributed by atoms with Crippen molar-refractivity contribution in [2.75, 3.05) is 32.8 Å². The summed E-state index contributed by atoms with van der Waals surface area (Å²) < 4.78 is 42.5. The molecule has 0 spiro atoms. The van der Waals surface area contributed by atoms with Gasteiger partial charge in [0.25, 0.3) is 0 Å². The summed E-state index contributed by atoms with van der Waals surface area (Å²) in [6, 6.07) is 8.09. The number of benzene rings is 1. The standard InChI is InChI=1S/C16H18N4O2.C2HF3O2/c1-2-13(12-4-6-17-14(12)3-1)16-18-15(22-19-16)5-7-20-8-10-21-11-9-20;3-2(4,5)1(6)7/h1-4,6,17H,5,7-11H2;(H,6,7). The van der Waals surface area contributed by atoms with Gasteiger partial charge in [-0.15, -0.1) is 0 Å². The van der Waals surface area contributed by atoms with Crippen molar-refractivity contribution >= 4 is 16.9 Å². The van der Waals surface area contributed by atoms with Gasteiger partial charge < -0.3 is 19.4 Å². The lowest BCUT2D eigenvalue weighted by molar-refractivity contribution is -0.192. The van der Waals surface area contributed by atoms with Crippen LogP contribution in [0.4, 0.5) is 13.2 Å². The normalized spacial score (nSPS) is 15.1. The molecule has 2 aromatic heterocycles. The minimum atomic E-state index is -5.08. The van der Waals surface area contributed by atoms with Crippen LogP contribution in [0.25, 0.3) is 22.3 Å². The Morgan fingerprint density at radius 2 is 1.97 bits per heavy atom. The van der Waals surface area contributed by atoms with Crippen molar-refractivity contribution in [3.63, 3.8) is 0 Å². The zero-order valence-corrected chi connectivity index (χ0v) is 15.3. The number of nitrogens with zero attached hydrogens (tertiary/aromatic N) is 3. The van der Waals surface area contributed by atoms with Gasteiger partial charge >= 0.3 is 12.1 Å². The first-order valence-corrected chi connectivity index (χ1v) is 8.84. The van der Waals surface area contributed by atoms with Gasteiger partial charge in [-0.3, -0.25) is 4.90 Å². The quantitative estimate of drug-likeness (QED) is 0.679. The average molecular weight is 412 g/mol. The summed E-state index contributed by atoms with van der Waals surface area (Å²) in [7, 11) is 0. The first-order chi connectivity index (χ1) is 13.8.